The molecule has 0 saturated heterocycles. The molecule has 5 rings (SSSR count). The van der Waals surface area contributed by atoms with Gasteiger partial charge in [0.2, 0.25) is 0 Å². The van der Waals surface area contributed by atoms with Crippen molar-refractivity contribution < 1.29 is 35.8 Å². The summed E-state index contributed by atoms with van der Waals surface area (Å²) < 4.78 is 11.6. The van der Waals surface area contributed by atoms with Crippen LogP contribution in [-0.2, 0) is 20.3 Å². The largest absolute Gasteiger partial charge is 0.565 e. The second-order valence-corrected chi connectivity index (χ2v) is 11.2. The van der Waals surface area contributed by atoms with Crippen molar-refractivity contribution >= 4 is 42.4 Å². The van der Waals surface area contributed by atoms with Gasteiger partial charge in [0.15, 0.2) is 0 Å². The van der Waals surface area contributed by atoms with Gasteiger partial charge in [0, 0.05) is 40.6 Å². The fraction of sp³-hybridized carbons (Fsp3) is 0.200. The summed E-state index contributed by atoms with van der Waals surface area (Å²) in [6.07, 6.45) is 0. The van der Waals surface area contributed by atoms with Gasteiger partial charge in [-0.15, -0.1) is 0 Å². The van der Waals surface area contributed by atoms with Gasteiger partial charge in [-0.2, -0.15) is 0 Å². The number of benzene rings is 4. The van der Waals surface area contributed by atoms with E-state index in [-0.39, 0.29) is 23.1 Å². The van der Waals surface area contributed by atoms with Gasteiger partial charge in [0.1, 0.15) is 11.4 Å². The van der Waals surface area contributed by atoms with E-state index in [1.165, 1.54) is 12.1 Å². The predicted molar refractivity (Wildman–Crippen MR) is 166 cm³/mol. The quantitative estimate of drug-likeness (QED) is 0.0726. The van der Waals surface area contributed by atoms with E-state index in [1.807, 2.05) is 36.4 Å². The van der Waals surface area contributed by atoms with Gasteiger partial charge in [-0.25, -0.2) is 5.26 Å². The van der Waals surface area contributed by atoms with Gasteiger partial charge in [0.25, 0.3) is 11.4 Å². The minimum absolute atomic E-state index is 0. The SMILES string of the molecule is CC(C)(O)c1ccccc1Nc1ccccc1[N+](=O)[O-].CC1(C)c2ccccc2Nc2c([N+](=O)[O-])cccc21.O=[P+]([O-])OO.[HH]. The molecular weight excluding hydrogens is 591 g/mol. The Bertz CT molecular complexity index is 1680. The lowest BCUT2D eigenvalue weighted by Gasteiger charge is -2.35. The van der Waals surface area contributed by atoms with Crippen LogP contribution >= 0.6 is 8.25 Å². The zero-order chi connectivity index (χ0) is 32.7. The average Bonchev–Trinajstić information content (AvgIpc) is 2.97. The van der Waals surface area contributed by atoms with Crippen LogP contribution in [0.3, 0.4) is 0 Å². The first-order valence-corrected chi connectivity index (χ1v) is 14.2. The first-order chi connectivity index (χ1) is 20.7. The third-order valence-corrected chi connectivity index (χ3v) is 6.93. The molecule has 0 fully saturated rings. The average molecular weight is 625 g/mol. The van der Waals surface area contributed by atoms with Crippen LogP contribution in [0.1, 0.15) is 45.8 Å². The molecule has 1 aliphatic rings. The van der Waals surface area contributed by atoms with Crippen molar-refractivity contribution in [1.82, 2.24) is 0 Å². The number of nitro groups is 2. The number of fused-ring (bicyclic) bond motifs is 2. The van der Waals surface area contributed by atoms with Crippen LogP contribution < -0.4 is 15.5 Å². The van der Waals surface area contributed by atoms with Crippen LogP contribution in [-0.4, -0.2) is 20.2 Å². The minimum Gasteiger partial charge on any atom is -0.565 e. The molecule has 4 aromatic carbocycles. The number of hydrogen-bond donors (Lipinski definition) is 4. The van der Waals surface area contributed by atoms with Crippen molar-refractivity contribution in [1.29, 1.82) is 0 Å². The highest BCUT2D eigenvalue weighted by atomic mass is 31.1. The van der Waals surface area contributed by atoms with Gasteiger partial charge in [-0.05, 0) is 47.7 Å². The second kappa shape index (κ2) is 14.1. The third-order valence-electron chi connectivity index (χ3n) is 6.80. The zero-order valence-corrected chi connectivity index (χ0v) is 25.1. The number of nitrogens with one attached hydrogen (secondary N) is 2. The van der Waals surface area contributed by atoms with Gasteiger partial charge in [-0.3, -0.25) is 20.2 Å². The molecule has 44 heavy (non-hydrogen) atoms. The zero-order valence-electron chi connectivity index (χ0n) is 24.3. The molecule has 232 valence electrons. The molecule has 1 aliphatic heterocycles. The van der Waals surface area contributed by atoms with E-state index in [2.05, 4.69) is 35.2 Å². The fourth-order valence-electron chi connectivity index (χ4n) is 4.77. The van der Waals surface area contributed by atoms with Crippen molar-refractivity contribution in [2.75, 3.05) is 10.6 Å². The topological polar surface area (TPSA) is 200 Å². The van der Waals surface area contributed by atoms with Gasteiger partial charge < -0.3 is 20.6 Å². The van der Waals surface area contributed by atoms with Crippen LogP contribution in [0.15, 0.2) is 91.0 Å². The molecule has 4 N–H and O–H groups in total. The molecular formula is C30H33N4O9P. The summed E-state index contributed by atoms with van der Waals surface area (Å²) in [6.45, 7) is 7.53. The second-order valence-electron chi connectivity index (χ2n) is 10.6. The third kappa shape index (κ3) is 7.98. The van der Waals surface area contributed by atoms with Crippen LogP contribution in [0, 0.1) is 20.2 Å². The summed E-state index contributed by atoms with van der Waals surface area (Å²) in [5.41, 5.74) is 4.23. The molecule has 1 heterocycles. The molecule has 0 amide bonds. The Morgan fingerprint density at radius 3 is 1.93 bits per heavy atom. The normalized spacial score (nSPS) is 12.8. The maximum atomic E-state index is 11.2. The van der Waals surface area contributed by atoms with E-state index in [9.17, 15) is 25.3 Å². The Kier molecular flexibility index (Phi) is 10.8. The van der Waals surface area contributed by atoms with Crippen LogP contribution in [0.5, 0.6) is 0 Å². The summed E-state index contributed by atoms with van der Waals surface area (Å²) >= 11 is 0. The van der Waals surface area contributed by atoms with Crippen molar-refractivity contribution in [3.8, 4) is 0 Å². The molecule has 1 unspecified atom stereocenters. The number of nitro benzene ring substituents is 2. The molecule has 14 heteroatoms. The first-order valence-electron chi connectivity index (χ1n) is 13.1. The lowest BCUT2D eigenvalue weighted by atomic mass is 9.74. The number of aliphatic hydroxyl groups is 1. The van der Waals surface area contributed by atoms with Crippen molar-refractivity contribution in [2.45, 2.75) is 38.7 Å². The molecule has 0 saturated carbocycles. The van der Waals surface area contributed by atoms with Gasteiger partial charge in [-0.1, -0.05) is 74.5 Å². The van der Waals surface area contributed by atoms with Crippen LogP contribution in [0.4, 0.5) is 34.1 Å². The Balaban J connectivity index is 0.000000268. The number of rotatable bonds is 6. The summed E-state index contributed by atoms with van der Waals surface area (Å²) in [4.78, 5) is 30.3. The Morgan fingerprint density at radius 2 is 1.34 bits per heavy atom. The smallest absolute Gasteiger partial charge is 0.521 e. The fourth-order valence-corrected chi connectivity index (χ4v) is 4.77. The summed E-state index contributed by atoms with van der Waals surface area (Å²) in [6, 6.07) is 26.8. The standard InChI is InChI=1S/C15H16N2O3.C15H14N2O2.HO4P.H2/c1-15(2,18)11-7-3-4-8-12(11)16-13-9-5-6-10-14(13)17(19)20;1-15(2)10-6-3-4-8-12(10)16-14-11(15)7-5-9-13(14)17(18)19;1-4-5(2)3;/h3-10,16,18H,1-2H3;3-9,16H,1-2H3;1H;1H. The molecule has 4 aromatic rings. The highest BCUT2D eigenvalue weighted by molar-refractivity contribution is 7.30. The molecule has 0 aromatic heterocycles. The van der Waals surface area contributed by atoms with Crippen molar-refractivity contribution in [3.63, 3.8) is 0 Å². The van der Waals surface area contributed by atoms with E-state index in [0.717, 1.165) is 16.8 Å². The Hall–Kier alpha value is -4.78. The first kappa shape index (κ1) is 33.7. The van der Waals surface area contributed by atoms with Gasteiger partial charge in [0.05, 0.1) is 15.4 Å². The molecule has 0 aliphatic carbocycles. The predicted octanol–water partition coefficient (Wildman–Crippen LogP) is 7.28. The minimum atomic E-state index is -3.04. The van der Waals surface area contributed by atoms with Crippen molar-refractivity contribution in [2.24, 2.45) is 0 Å². The maximum absolute atomic E-state index is 11.2. The highest BCUT2D eigenvalue weighted by Crippen LogP contribution is 2.48. The Morgan fingerprint density at radius 1 is 0.841 bits per heavy atom. The molecule has 0 radical (unpaired) electrons. The monoisotopic (exact) mass is 624 g/mol. The van der Waals surface area contributed by atoms with E-state index in [0.29, 0.717) is 22.6 Å². The van der Waals surface area contributed by atoms with E-state index in [1.54, 1.807) is 50.2 Å². The summed E-state index contributed by atoms with van der Waals surface area (Å²) in [5, 5.41) is 45.6. The number of hydrogen-bond acceptors (Lipinski definition) is 11. The van der Waals surface area contributed by atoms with Crippen LogP contribution in [0.2, 0.25) is 0 Å². The lowest BCUT2D eigenvalue weighted by Crippen LogP contribution is -2.26. The summed E-state index contributed by atoms with van der Waals surface area (Å²) in [7, 11) is -3.04. The van der Waals surface area contributed by atoms with Crippen LogP contribution in [0.25, 0.3) is 0 Å². The van der Waals surface area contributed by atoms with Gasteiger partial charge >= 0.3 is 8.25 Å². The van der Waals surface area contributed by atoms with Crippen molar-refractivity contribution in [3.05, 3.63) is 128 Å². The molecule has 0 spiro atoms. The number of anilines is 4. The maximum Gasteiger partial charge on any atom is 0.521 e. The number of para-hydroxylation sites is 5. The Labute approximate surface area is 255 Å². The van der Waals surface area contributed by atoms with E-state index >= 15 is 0 Å². The molecule has 1 atom stereocenters. The van der Waals surface area contributed by atoms with E-state index in [4.69, 9.17) is 14.7 Å². The van der Waals surface area contributed by atoms with E-state index < -0.39 is 18.8 Å². The molecule has 0 bridgehead atoms. The highest BCUT2D eigenvalue weighted by Gasteiger charge is 2.35. The number of nitrogens with zero attached hydrogens (tertiary/aromatic N) is 2. The lowest BCUT2D eigenvalue weighted by molar-refractivity contribution is -0.384. The molecule has 13 nitrogen and oxygen atoms in total. The summed E-state index contributed by atoms with van der Waals surface area (Å²) in [5.74, 6) is 0.